The van der Waals surface area contributed by atoms with Gasteiger partial charge in [0.2, 0.25) is 0 Å². The third-order valence-corrected chi connectivity index (χ3v) is 12.2. The van der Waals surface area contributed by atoms with Crippen LogP contribution in [0.1, 0.15) is 201 Å². The Labute approximate surface area is 333 Å². The molecular weight excluding hydrogens is 675 g/mol. The molecule has 2 fully saturated rings. The van der Waals surface area contributed by atoms with Crippen LogP contribution in [0, 0.1) is 17.3 Å². The van der Waals surface area contributed by atoms with Crippen molar-refractivity contribution in [3.63, 3.8) is 0 Å². The van der Waals surface area contributed by atoms with Crippen molar-refractivity contribution in [3.8, 4) is 0 Å². The maximum absolute atomic E-state index is 13.4. The van der Waals surface area contributed by atoms with E-state index in [0.29, 0.717) is 19.6 Å². The lowest BCUT2D eigenvalue weighted by atomic mass is 9.80. The van der Waals surface area contributed by atoms with Crippen LogP contribution in [-0.4, -0.2) is 75.6 Å². The molecule has 4 unspecified atom stereocenters. The van der Waals surface area contributed by atoms with Gasteiger partial charge < -0.3 is 23.8 Å². The van der Waals surface area contributed by atoms with Gasteiger partial charge in [0, 0.05) is 25.6 Å². The summed E-state index contributed by atoms with van der Waals surface area (Å²) >= 11 is 0. The van der Waals surface area contributed by atoms with E-state index in [-0.39, 0.29) is 42.6 Å². The Balaban J connectivity index is 1.80. The quantitative estimate of drug-likeness (QED) is 0.0367. The van der Waals surface area contributed by atoms with Gasteiger partial charge in [-0.25, -0.2) is 0 Å². The van der Waals surface area contributed by atoms with Crippen LogP contribution in [0.15, 0.2) is 12.2 Å². The Morgan fingerprint density at radius 1 is 0.704 bits per heavy atom. The number of carbonyl (C=O) groups excluding carboxylic acids is 2. The van der Waals surface area contributed by atoms with Crippen molar-refractivity contribution in [2.75, 3.05) is 46.6 Å². The summed E-state index contributed by atoms with van der Waals surface area (Å²) in [6.45, 7) is 12.7. The Morgan fingerprint density at radius 2 is 1.24 bits per heavy atom. The molecule has 1 saturated carbocycles. The number of hydrogen-bond acceptors (Lipinski definition) is 7. The van der Waals surface area contributed by atoms with Crippen LogP contribution >= 0.6 is 0 Å². The summed E-state index contributed by atoms with van der Waals surface area (Å²) in [5.41, 5.74) is -0.425. The standard InChI is InChI=1S/C47H87NO6/c1-6-9-12-14-16-18-20-22-24-27-36-51-39-42(52-37-28-25-23-21-19-17-15-13-10-7-2)40-53-45(49)38-41-30-31-44(43(41)29-26-11-8-3)54-46(50)47(4)32-34-48(5)35-33-47/h11,26,41-44H,6-10,12-25,27-40H2,1-5H3/b26-11-. The molecule has 0 radical (unpaired) electrons. The van der Waals surface area contributed by atoms with Gasteiger partial charge >= 0.3 is 11.9 Å². The number of likely N-dealkylation sites (tertiary alicyclic amines) is 1. The summed E-state index contributed by atoms with van der Waals surface area (Å²) in [6.07, 6.45) is 35.4. The molecule has 2 aliphatic rings. The topological polar surface area (TPSA) is 74.3 Å². The van der Waals surface area contributed by atoms with Crippen LogP contribution in [0.5, 0.6) is 0 Å². The van der Waals surface area contributed by atoms with Gasteiger partial charge in [-0.2, -0.15) is 0 Å². The second-order valence-electron chi connectivity index (χ2n) is 17.2. The number of nitrogens with zero attached hydrogens (tertiary/aromatic N) is 1. The van der Waals surface area contributed by atoms with Gasteiger partial charge in [-0.15, -0.1) is 0 Å². The highest BCUT2D eigenvalue weighted by Gasteiger charge is 2.43. The molecule has 1 aliphatic carbocycles. The van der Waals surface area contributed by atoms with E-state index in [1.807, 2.05) is 0 Å². The lowest BCUT2D eigenvalue weighted by Gasteiger charge is -2.37. The predicted molar refractivity (Wildman–Crippen MR) is 225 cm³/mol. The maximum atomic E-state index is 13.4. The van der Waals surface area contributed by atoms with Crippen LogP contribution in [-0.2, 0) is 28.5 Å². The number of allylic oxidation sites excluding steroid dienone is 2. The van der Waals surface area contributed by atoms with E-state index < -0.39 is 5.41 Å². The highest BCUT2D eigenvalue weighted by Crippen LogP contribution is 2.41. The normalized spacial score (nSPS) is 20.8. The van der Waals surface area contributed by atoms with E-state index in [4.69, 9.17) is 18.9 Å². The molecule has 1 heterocycles. The summed E-state index contributed by atoms with van der Waals surface area (Å²) in [6, 6.07) is 0. The summed E-state index contributed by atoms with van der Waals surface area (Å²) in [5, 5.41) is 0. The molecule has 0 N–H and O–H groups in total. The fourth-order valence-corrected chi connectivity index (χ4v) is 8.22. The van der Waals surface area contributed by atoms with Gasteiger partial charge in [-0.1, -0.05) is 148 Å². The number of ether oxygens (including phenoxy) is 4. The molecular formula is C47H87NO6. The van der Waals surface area contributed by atoms with E-state index in [9.17, 15) is 9.59 Å². The first-order chi connectivity index (χ1) is 26.3. The number of piperidine rings is 1. The molecule has 0 spiro atoms. The van der Waals surface area contributed by atoms with Gasteiger partial charge in [-0.05, 0) is 84.3 Å². The zero-order chi connectivity index (χ0) is 39.1. The summed E-state index contributed by atoms with van der Waals surface area (Å²) < 4.78 is 24.6. The fraction of sp³-hybridized carbons (Fsp3) is 0.915. The summed E-state index contributed by atoms with van der Waals surface area (Å²) in [5.74, 6) is 0.0297. The van der Waals surface area contributed by atoms with Crippen molar-refractivity contribution in [3.05, 3.63) is 12.2 Å². The average Bonchev–Trinajstić information content (AvgIpc) is 3.53. The van der Waals surface area contributed by atoms with Crippen molar-refractivity contribution in [2.45, 2.75) is 213 Å². The highest BCUT2D eigenvalue weighted by molar-refractivity contribution is 5.77. The van der Waals surface area contributed by atoms with Crippen LogP contribution in [0.25, 0.3) is 0 Å². The van der Waals surface area contributed by atoms with E-state index in [0.717, 1.165) is 71.1 Å². The van der Waals surface area contributed by atoms with E-state index >= 15 is 0 Å². The van der Waals surface area contributed by atoms with E-state index in [1.165, 1.54) is 116 Å². The molecule has 0 aromatic carbocycles. The molecule has 316 valence electrons. The van der Waals surface area contributed by atoms with Crippen LogP contribution in [0.2, 0.25) is 0 Å². The monoisotopic (exact) mass is 762 g/mol. The Hall–Kier alpha value is -1.44. The molecule has 54 heavy (non-hydrogen) atoms. The SMILES string of the molecule is CC/C=C\CC1C(CC(=O)OCC(COCCCCCCCCCCCC)OCCCCCCCCCCCC)CCC1OC(=O)C1(C)CCN(C)CC1. The molecule has 2 rings (SSSR count). The third-order valence-electron chi connectivity index (χ3n) is 12.2. The number of carbonyl (C=O) groups is 2. The van der Waals surface area contributed by atoms with Crippen LogP contribution in [0.3, 0.4) is 0 Å². The Bertz CT molecular complexity index is 947. The van der Waals surface area contributed by atoms with Crippen molar-refractivity contribution in [1.82, 2.24) is 4.90 Å². The van der Waals surface area contributed by atoms with Crippen LogP contribution < -0.4 is 0 Å². The van der Waals surface area contributed by atoms with Gasteiger partial charge in [0.05, 0.1) is 12.0 Å². The first-order valence-corrected chi connectivity index (χ1v) is 23.2. The molecule has 0 aromatic rings. The fourth-order valence-electron chi connectivity index (χ4n) is 8.22. The summed E-state index contributed by atoms with van der Waals surface area (Å²) in [4.78, 5) is 29.0. The first-order valence-electron chi connectivity index (χ1n) is 23.2. The molecule has 1 aliphatic heterocycles. The lowest BCUT2D eigenvalue weighted by molar-refractivity contribution is -0.165. The van der Waals surface area contributed by atoms with E-state index in [2.05, 4.69) is 51.8 Å². The van der Waals surface area contributed by atoms with Gasteiger partial charge in [0.1, 0.15) is 18.8 Å². The third kappa shape index (κ3) is 22.3. The molecule has 7 heteroatoms. The molecule has 0 aromatic heterocycles. The van der Waals surface area contributed by atoms with E-state index in [1.54, 1.807) is 0 Å². The largest absolute Gasteiger partial charge is 0.463 e. The van der Waals surface area contributed by atoms with Crippen molar-refractivity contribution in [1.29, 1.82) is 0 Å². The minimum Gasteiger partial charge on any atom is -0.463 e. The Kier molecular flexibility index (Phi) is 28.5. The van der Waals surface area contributed by atoms with Crippen molar-refractivity contribution < 1.29 is 28.5 Å². The molecule has 7 nitrogen and oxygen atoms in total. The summed E-state index contributed by atoms with van der Waals surface area (Å²) in [7, 11) is 2.11. The number of hydrogen-bond donors (Lipinski definition) is 0. The zero-order valence-electron chi connectivity index (χ0n) is 36.2. The number of rotatable bonds is 34. The maximum Gasteiger partial charge on any atom is 0.312 e. The van der Waals surface area contributed by atoms with Gasteiger partial charge in [0.15, 0.2) is 0 Å². The van der Waals surface area contributed by atoms with Crippen LogP contribution in [0.4, 0.5) is 0 Å². The second kappa shape index (κ2) is 31.6. The zero-order valence-corrected chi connectivity index (χ0v) is 36.2. The predicted octanol–water partition coefficient (Wildman–Crippen LogP) is 12.2. The lowest BCUT2D eigenvalue weighted by Crippen LogP contribution is -2.43. The molecule has 0 amide bonds. The van der Waals surface area contributed by atoms with Gasteiger partial charge in [-0.3, -0.25) is 9.59 Å². The number of unbranched alkanes of at least 4 members (excludes halogenated alkanes) is 18. The highest BCUT2D eigenvalue weighted by atomic mass is 16.6. The Morgan fingerprint density at radius 3 is 1.80 bits per heavy atom. The molecule has 1 saturated heterocycles. The minimum atomic E-state index is -0.425. The second-order valence-corrected chi connectivity index (χ2v) is 17.2. The van der Waals surface area contributed by atoms with Crippen molar-refractivity contribution >= 4 is 11.9 Å². The first kappa shape index (κ1) is 48.7. The van der Waals surface area contributed by atoms with Gasteiger partial charge in [0.25, 0.3) is 0 Å². The molecule has 4 atom stereocenters. The number of esters is 2. The molecule has 0 bridgehead atoms. The van der Waals surface area contributed by atoms with Crippen molar-refractivity contribution in [2.24, 2.45) is 17.3 Å². The minimum absolute atomic E-state index is 0.0616. The average molecular weight is 762 g/mol. The smallest absolute Gasteiger partial charge is 0.312 e.